The van der Waals surface area contributed by atoms with Gasteiger partial charge in [-0.1, -0.05) is 0 Å². The largest absolute Gasteiger partial charge is 0.139 e. The summed E-state index contributed by atoms with van der Waals surface area (Å²) in [6.07, 6.45) is 0. The van der Waals surface area contributed by atoms with Crippen LogP contribution in [0, 0.1) is 20.8 Å². The third-order valence-electron chi connectivity index (χ3n) is 1.95. The highest BCUT2D eigenvalue weighted by molar-refractivity contribution is 7.28. The van der Waals surface area contributed by atoms with Gasteiger partial charge in [-0.3, -0.25) is 0 Å². The first kappa shape index (κ1) is 7.32. The molecular formula is C9H10S2. The van der Waals surface area contributed by atoms with Gasteiger partial charge in [-0.15, -0.1) is 22.7 Å². The second kappa shape index (κ2) is 2.32. The molecule has 2 heterocycles. The molecule has 0 saturated carbocycles. The van der Waals surface area contributed by atoms with Crippen molar-refractivity contribution < 1.29 is 0 Å². The van der Waals surface area contributed by atoms with Crippen LogP contribution in [0.5, 0.6) is 0 Å². The Labute approximate surface area is 74.5 Å². The molecule has 0 spiro atoms. The van der Waals surface area contributed by atoms with Crippen molar-refractivity contribution in [2.75, 3.05) is 0 Å². The second-order valence-corrected chi connectivity index (χ2v) is 5.35. The fourth-order valence-corrected chi connectivity index (χ4v) is 3.65. The minimum absolute atomic E-state index is 1.43. The molecule has 2 heteroatoms. The first-order chi connectivity index (χ1) is 5.18. The first-order valence-electron chi connectivity index (χ1n) is 3.64. The van der Waals surface area contributed by atoms with Gasteiger partial charge in [-0.2, -0.15) is 0 Å². The molecule has 0 radical (unpaired) electrons. The molecule has 0 aliphatic rings. The minimum Gasteiger partial charge on any atom is -0.139 e. The molecule has 0 N–H and O–H groups in total. The van der Waals surface area contributed by atoms with Gasteiger partial charge in [-0.25, -0.2) is 0 Å². The fraction of sp³-hybridized carbons (Fsp3) is 0.333. The predicted molar refractivity (Wildman–Crippen MR) is 53.9 cm³/mol. The maximum atomic E-state index is 2.28. The average molecular weight is 182 g/mol. The van der Waals surface area contributed by atoms with E-state index in [1.165, 1.54) is 24.7 Å². The Morgan fingerprint density at radius 1 is 1.09 bits per heavy atom. The Morgan fingerprint density at radius 3 is 2.45 bits per heavy atom. The van der Waals surface area contributed by atoms with Crippen LogP contribution in [-0.2, 0) is 0 Å². The van der Waals surface area contributed by atoms with Crippen LogP contribution in [0.2, 0.25) is 0 Å². The maximum Gasteiger partial charge on any atom is 0.0485 e. The second-order valence-electron chi connectivity index (χ2n) is 2.83. The highest BCUT2D eigenvalue weighted by atomic mass is 32.1. The van der Waals surface area contributed by atoms with E-state index in [1.54, 1.807) is 0 Å². The van der Waals surface area contributed by atoms with Gasteiger partial charge in [-0.05, 0) is 32.4 Å². The summed E-state index contributed by atoms with van der Waals surface area (Å²) in [6.45, 7) is 6.58. The molecule has 0 aliphatic heterocycles. The molecule has 2 rings (SSSR count). The van der Waals surface area contributed by atoms with E-state index in [9.17, 15) is 0 Å². The van der Waals surface area contributed by atoms with Crippen LogP contribution in [-0.4, -0.2) is 0 Å². The van der Waals surface area contributed by atoms with Gasteiger partial charge in [0.05, 0.1) is 0 Å². The van der Waals surface area contributed by atoms with Crippen molar-refractivity contribution in [2.24, 2.45) is 0 Å². The summed E-state index contributed by atoms with van der Waals surface area (Å²) in [4.78, 5) is 2.89. The van der Waals surface area contributed by atoms with Gasteiger partial charge in [0.2, 0.25) is 0 Å². The van der Waals surface area contributed by atoms with E-state index in [1.807, 2.05) is 22.7 Å². The van der Waals surface area contributed by atoms with Gasteiger partial charge in [0.15, 0.2) is 0 Å². The highest BCUT2D eigenvalue weighted by Gasteiger charge is 2.06. The lowest BCUT2D eigenvalue weighted by Crippen LogP contribution is -1.64. The summed E-state index contributed by atoms with van der Waals surface area (Å²) in [7, 11) is 0. The van der Waals surface area contributed by atoms with Crippen molar-refractivity contribution in [3.8, 4) is 0 Å². The minimum atomic E-state index is 1.43. The molecule has 0 atom stereocenters. The lowest BCUT2D eigenvalue weighted by molar-refractivity contribution is 1.48. The number of rotatable bonds is 0. The molecule has 58 valence electrons. The van der Waals surface area contributed by atoms with Crippen LogP contribution in [0.1, 0.15) is 15.3 Å². The van der Waals surface area contributed by atoms with Crippen LogP contribution in [0.4, 0.5) is 0 Å². The van der Waals surface area contributed by atoms with Crippen LogP contribution in [0.15, 0.2) is 6.07 Å². The van der Waals surface area contributed by atoms with Crippen molar-refractivity contribution in [3.05, 3.63) is 21.4 Å². The Bertz CT molecular complexity index is 393. The number of fused-ring (bicyclic) bond motifs is 1. The monoisotopic (exact) mass is 182 g/mol. The molecule has 0 bridgehead atoms. The summed E-state index contributed by atoms with van der Waals surface area (Å²) < 4.78 is 2.95. The Kier molecular flexibility index (Phi) is 1.55. The smallest absolute Gasteiger partial charge is 0.0485 e. The first-order valence-corrected chi connectivity index (χ1v) is 5.28. The van der Waals surface area contributed by atoms with E-state index < -0.39 is 0 Å². The molecule has 0 aliphatic carbocycles. The molecule has 0 nitrogen and oxygen atoms in total. The molecule has 2 aromatic rings. The topological polar surface area (TPSA) is 0 Å². The van der Waals surface area contributed by atoms with Gasteiger partial charge in [0.1, 0.15) is 0 Å². The van der Waals surface area contributed by atoms with Crippen molar-refractivity contribution in [2.45, 2.75) is 20.8 Å². The molecule has 11 heavy (non-hydrogen) atoms. The lowest BCUT2D eigenvalue weighted by atomic mass is 10.3. The molecule has 2 aromatic heterocycles. The van der Waals surface area contributed by atoms with Crippen molar-refractivity contribution in [3.63, 3.8) is 0 Å². The average Bonchev–Trinajstić information content (AvgIpc) is 2.37. The number of hydrogen-bond donors (Lipinski definition) is 0. The van der Waals surface area contributed by atoms with Crippen molar-refractivity contribution >= 4 is 32.1 Å². The molecule has 0 fully saturated rings. The summed E-state index contributed by atoms with van der Waals surface area (Å²) >= 11 is 3.82. The van der Waals surface area contributed by atoms with Crippen LogP contribution < -0.4 is 0 Å². The summed E-state index contributed by atoms with van der Waals surface area (Å²) in [5.41, 5.74) is 1.48. The van der Waals surface area contributed by atoms with Gasteiger partial charge in [0.25, 0.3) is 0 Å². The summed E-state index contributed by atoms with van der Waals surface area (Å²) in [6, 6.07) is 2.28. The highest BCUT2D eigenvalue weighted by Crippen LogP contribution is 2.36. The number of thiophene rings is 2. The standard InChI is InChI=1S/C9H10S2/c1-5-4-8-9(10-5)6(2)7(3)11-8/h4H,1-3H3. The molecule has 0 unspecified atom stereocenters. The fourth-order valence-electron chi connectivity index (χ4n) is 1.23. The molecule has 0 amide bonds. The van der Waals surface area contributed by atoms with Gasteiger partial charge in [0, 0.05) is 19.2 Å². The van der Waals surface area contributed by atoms with Gasteiger partial charge < -0.3 is 0 Å². The predicted octanol–water partition coefficient (Wildman–Crippen LogP) is 3.89. The van der Waals surface area contributed by atoms with E-state index in [-0.39, 0.29) is 0 Å². The SMILES string of the molecule is Cc1cc2sc(C)c(C)c2s1. The van der Waals surface area contributed by atoms with E-state index >= 15 is 0 Å². The third kappa shape index (κ3) is 1.01. The maximum absolute atomic E-state index is 2.28. The third-order valence-corrected chi connectivity index (χ3v) is 4.41. The number of hydrogen-bond acceptors (Lipinski definition) is 2. The Morgan fingerprint density at radius 2 is 1.82 bits per heavy atom. The lowest BCUT2D eigenvalue weighted by Gasteiger charge is -1.85. The van der Waals surface area contributed by atoms with Crippen LogP contribution >= 0.6 is 22.7 Å². The van der Waals surface area contributed by atoms with Crippen molar-refractivity contribution in [1.82, 2.24) is 0 Å². The number of aryl methyl sites for hydroxylation is 3. The molecular weight excluding hydrogens is 172 g/mol. The van der Waals surface area contributed by atoms with E-state index in [0.717, 1.165) is 0 Å². The van der Waals surface area contributed by atoms with Gasteiger partial charge >= 0.3 is 0 Å². The Hall–Kier alpha value is -0.340. The summed E-state index contributed by atoms with van der Waals surface area (Å²) in [5, 5.41) is 0. The molecule has 0 aromatic carbocycles. The normalized spacial score (nSPS) is 11.2. The zero-order valence-electron chi connectivity index (χ0n) is 6.89. The van der Waals surface area contributed by atoms with E-state index in [4.69, 9.17) is 0 Å². The van der Waals surface area contributed by atoms with Crippen LogP contribution in [0.3, 0.4) is 0 Å². The van der Waals surface area contributed by atoms with E-state index in [2.05, 4.69) is 26.8 Å². The van der Waals surface area contributed by atoms with Crippen molar-refractivity contribution in [1.29, 1.82) is 0 Å². The quantitative estimate of drug-likeness (QED) is 0.580. The zero-order chi connectivity index (χ0) is 8.01. The summed E-state index contributed by atoms with van der Waals surface area (Å²) in [5.74, 6) is 0. The molecule has 0 saturated heterocycles. The van der Waals surface area contributed by atoms with Crippen LogP contribution in [0.25, 0.3) is 9.40 Å². The zero-order valence-corrected chi connectivity index (χ0v) is 8.53. The Balaban J connectivity index is 2.88. The van der Waals surface area contributed by atoms with E-state index in [0.29, 0.717) is 0 Å².